The summed E-state index contributed by atoms with van der Waals surface area (Å²) in [6.45, 7) is 0. The number of hydrogen-bond donors (Lipinski definition) is 0. The van der Waals surface area contributed by atoms with E-state index in [1.165, 1.54) is 43.1 Å². The van der Waals surface area contributed by atoms with E-state index in [0.717, 1.165) is 11.2 Å². The average molecular weight is 453 g/mol. The molecule has 34 heavy (non-hydrogen) atoms. The monoisotopic (exact) mass is 453 g/mol. The van der Waals surface area contributed by atoms with E-state index in [4.69, 9.17) is 4.98 Å². The van der Waals surface area contributed by atoms with Gasteiger partial charge in [-0.2, -0.15) is 0 Å². The van der Waals surface area contributed by atoms with Gasteiger partial charge < -0.3 is 0 Å². The van der Waals surface area contributed by atoms with Crippen LogP contribution in [-0.2, 0) is 0 Å². The van der Waals surface area contributed by atoms with Crippen LogP contribution in [0.4, 0.5) is 0 Å². The Kier molecular flexibility index (Phi) is 4.43. The Balaban J connectivity index is 1.67. The Morgan fingerprint density at radius 2 is 1.32 bits per heavy atom. The second kappa shape index (κ2) is 7.76. The molecule has 0 fully saturated rings. The fourth-order valence-corrected chi connectivity index (χ4v) is 7.41. The van der Waals surface area contributed by atoms with Gasteiger partial charge in [0.25, 0.3) is 0 Å². The number of benzene rings is 4. The predicted octanol–water partition coefficient (Wildman–Crippen LogP) is 5.95. The fourth-order valence-electron chi connectivity index (χ4n) is 5.00. The molecule has 0 bridgehead atoms. The zero-order valence-corrected chi connectivity index (χ0v) is 19.2. The van der Waals surface area contributed by atoms with Crippen molar-refractivity contribution in [3.8, 4) is 0 Å². The van der Waals surface area contributed by atoms with Crippen molar-refractivity contribution in [1.29, 1.82) is 0 Å². The van der Waals surface area contributed by atoms with E-state index in [-0.39, 0.29) is 0 Å². The Labute approximate surface area is 198 Å². The molecule has 0 radical (unpaired) electrons. The van der Waals surface area contributed by atoms with Gasteiger partial charge in [0.2, 0.25) is 0 Å². The highest BCUT2D eigenvalue weighted by molar-refractivity contribution is 7.80. The molecule has 3 nitrogen and oxygen atoms in total. The van der Waals surface area contributed by atoms with Crippen molar-refractivity contribution < 1.29 is 0 Å². The van der Waals surface area contributed by atoms with E-state index in [1.54, 1.807) is 0 Å². The highest BCUT2D eigenvalue weighted by Gasteiger charge is 2.23. The Bertz CT molecular complexity index is 1770. The third-order valence-corrected chi connectivity index (χ3v) is 8.86. The number of pyridine rings is 2. The summed E-state index contributed by atoms with van der Waals surface area (Å²) in [5.74, 6) is 0. The Hall–Kier alpha value is -4.07. The van der Waals surface area contributed by atoms with Gasteiger partial charge in [0, 0.05) is 33.8 Å². The summed E-state index contributed by atoms with van der Waals surface area (Å²) < 4.78 is 2.37. The lowest BCUT2D eigenvalue weighted by Crippen LogP contribution is -2.22. The summed E-state index contributed by atoms with van der Waals surface area (Å²) in [5, 5.41) is 7.48. The lowest BCUT2D eigenvalue weighted by molar-refractivity contribution is 1.32. The smallest absolute Gasteiger partial charge is 0.146 e. The molecular formula is C30H20N3P. The standard InChI is InChI=1S/C30H20N3P/c1-2-10-21(11-3-1)34(22-12-9-19-31-20-22)28-18-8-16-26-29(28)33-27-17-7-6-14-24(27)23-13-4-5-15-25(23)30(33)32-26/h1-20H. The zero-order valence-electron chi connectivity index (χ0n) is 18.3. The van der Waals surface area contributed by atoms with Gasteiger partial charge in [0.15, 0.2) is 0 Å². The lowest BCUT2D eigenvalue weighted by atomic mass is 10.1. The third-order valence-electron chi connectivity index (χ3n) is 6.42. The minimum atomic E-state index is -0.815. The molecule has 1 unspecified atom stereocenters. The van der Waals surface area contributed by atoms with E-state index in [9.17, 15) is 0 Å². The van der Waals surface area contributed by atoms with Crippen LogP contribution in [0, 0.1) is 0 Å². The molecule has 0 aliphatic rings. The summed E-state index contributed by atoms with van der Waals surface area (Å²) in [5.41, 5.74) is 4.39. The van der Waals surface area contributed by atoms with Crippen molar-refractivity contribution in [2.75, 3.05) is 0 Å². The van der Waals surface area contributed by atoms with Gasteiger partial charge in [0.05, 0.1) is 16.6 Å². The summed E-state index contributed by atoms with van der Waals surface area (Å²) in [4.78, 5) is 9.65. The van der Waals surface area contributed by atoms with Crippen LogP contribution < -0.4 is 15.9 Å². The van der Waals surface area contributed by atoms with E-state index >= 15 is 0 Å². The first-order chi connectivity index (χ1) is 16.9. The van der Waals surface area contributed by atoms with Crippen molar-refractivity contribution in [3.05, 3.63) is 122 Å². The van der Waals surface area contributed by atoms with E-state index < -0.39 is 7.92 Å². The van der Waals surface area contributed by atoms with Crippen LogP contribution in [0.2, 0.25) is 0 Å². The predicted molar refractivity (Wildman–Crippen MR) is 144 cm³/mol. The molecule has 0 saturated heterocycles. The van der Waals surface area contributed by atoms with Gasteiger partial charge in [-0.25, -0.2) is 4.98 Å². The van der Waals surface area contributed by atoms with Crippen molar-refractivity contribution in [2.45, 2.75) is 0 Å². The van der Waals surface area contributed by atoms with Crippen LogP contribution in [0.5, 0.6) is 0 Å². The first kappa shape index (κ1) is 19.4. The topological polar surface area (TPSA) is 30.2 Å². The average Bonchev–Trinajstić information content (AvgIpc) is 3.31. The van der Waals surface area contributed by atoms with Crippen molar-refractivity contribution in [1.82, 2.24) is 14.4 Å². The van der Waals surface area contributed by atoms with Crippen molar-refractivity contribution in [3.63, 3.8) is 0 Å². The number of fused-ring (bicyclic) bond motifs is 8. The summed E-state index contributed by atoms with van der Waals surface area (Å²) in [6, 6.07) is 38.8. The molecule has 3 heterocycles. The van der Waals surface area contributed by atoms with Crippen LogP contribution in [0.3, 0.4) is 0 Å². The SMILES string of the molecule is c1ccc(P(c2cccnc2)c2cccc3nc4c5ccccc5c5ccccc5n4c23)cc1. The maximum Gasteiger partial charge on any atom is 0.146 e. The molecule has 0 amide bonds. The molecule has 160 valence electrons. The molecule has 4 heteroatoms. The second-order valence-corrected chi connectivity index (χ2v) is 10.5. The highest BCUT2D eigenvalue weighted by atomic mass is 31.1. The molecule has 7 aromatic rings. The zero-order chi connectivity index (χ0) is 22.5. The van der Waals surface area contributed by atoms with E-state index in [2.05, 4.69) is 113 Å². The molecular weight excluding hydrogens is 433 g/mol. The number of imidazole rings is 1. The first-order valence-corrected chi connectivity index (χ1v) is 12.7. The van der Waals surface area contributed by atoms with Gasteiger partial charge in [-0.15, -0.1) is 0 Å². The molecule has 0 aliphatic heterocycles. The number of para-hydroxylation sites is 2. The molecule has 0 N–H and O–H groups in total. The normalized spacial score (nSPS) is 12.6. The maximum absolute atomic E-state index is 5.18. The van der Waals surface area contributed by atoms with Crippen molar-refractivity contribution >= 4 is 62.2 Å². The van der Waals surface area contributed by atoms with Gasteiger partial charge in [-0.3, -0.25) is 9.38 Å². The summed E-state index contributed by atoms with van der Waals surface area (Å²) in [6.07, 6.45) is 3.85. The molecule has 1 atom stereocenters. The quantitative estimate of drug-likeness (QED) is 0.245. The van der Waals surface area contributed by atoms with Gasteiger partial charge in [-0.05, 0) is 36.8 Å². The van der Waals surface area contributed by atoms with Crippen LogP contribution in [0.15, 0.2) is 122 Å². The number of aromatic nitrogens is 3. The molecule has 7 rings (SSSR count). The molecule has 0 saturated carbocycles. The van der Waals surface area contributed by atoms with Crippen LogP contribution in [0.1, 0.15) is 0 Å². The minimum Gasteiger partial charge on any atom is -0.291 e. The number of nitrogens with zero attached hydrogens (tertiary/aromatic N) is 3. The highest BCUT2D eigenvalue weighted by Crippen LogP contribution is 2.38. The van der Waals surface area contributed by atoms with Crippen LogP contribution in [0.25, 0.3) is 38.4 Å². The van der Waals surface area contributed by atoms with Crippen LogP contribution >= 0.6 is 7.92 Å². The number of rotatable bonds is 3. The molecule has 0 spiro atoms. The molecule has 3 aromatic heterocycles. The molecule has 4 aromatic carbocycles. The molecule has 0 aliphatic carbocycles. The van der Waals surface area contributed by atoms with E-state index in [0.29, 0.717) is 0 Å². The van der Waals surface area contributed by atoms with E-state index in [1.807, 2.05) is 18.5 Å². The number of hydrogen-bond acceptors (Lipinski definition) is 2. The maximum atomic E-state index is 5.18. The minimum absolute atomic E-state index is 0.815. The van der Waals surface area contributed by atoms with Crippen LogP contribution in [-0.4, -0.2) is 14.4 Å². The largest absolute Gasteiger partial charge is 0.291 e. The van der Waals surface area contributed by atoms with Gasteiger partial charge in [0.1, 0.15) is 5.65 Å². The lowest BCUT2D eigenvalue weighted by Gasteiger charge is -2.20. The summed E-state index contributed by atoms with van der Waals surface area (Å²) in [7, 11) is -0.815. The second-order valence-electron chi connectivity index (χ2n) is 8.36. The Morgan fingerprint density at radius 3 is 2.15 bits per heavy atom. The fraction of sp³-hybridized carbons (Fsp3) is 0. The Morgan fingerprint density at radius 1 is 0.588 bits per heavy atom. The first-order valence-electron chi connectivity index (χ1n) is 11.4. The third kappa shape index (κ3) is 2.88. The summed E-state index contributed by atoms with van der Waals surface area (Å²) >= 11 is 0. The van der Waals surface area contributed by atoms with Gasteiger partial charge in [-0.1, -0.05) is 91.0 Å². The van der Waals surface area contributed by atoms with Crippen molar-refractivity contribution in [2.24, 2.45) is 0 Å². The van der Waals surface area contributed by atoms with Gasteiger partial charge >= 0.3 is 0 Å².